The van der Waals surface area contributed by atoms with Crippen LogP contribution in [-0.2, 0) is 25.7 Å². The first-order valence-corrected chi connectivity index (χ1v) is 8.76. The van der Waals surface area contributed by atoms with E-state index >= 15 is 0 Å². The van der Waals surface area contributed by atoms with Gasteiger partial charge in [0.1, 0.15) is 6.61 Å². The molecule has 4 nitrogen and oxygen atoms in total. The lowest BCUT2D eigenvalue weighted by atomic mass is 10.1. The van der Waals surface area contributed by atoms with Crippen LogP contribution in [0.2, 0.25) is 0 Å². The van der Waals surface area contributed by atoms with Gasteiger partial charge >= 0.3 is 11.9 Å². The molecule has 0 spiro atoms. The number of ether oxygens (including phenoxy) is 2. The van der Waals surface area contributed by atoms with Crippen LogP contribution in [0.1, 0.15) is 51.0 Å². The number of hydrogen-bond acceptors (Lipinski definition) is 4. The van der Waals surface area contributed by atoms with E-state index in [0.29, 0.717) is 13.2 Å². The van der Waals surface area contributed by atoms with E-state index in [1.807, 2.05) is 30.3 Å². The molecule has 0 saturated carbocycles. The summed E-state index contributed by atoms with van der Waals surface area (Å²) in [5, 5.41) is 0. The molecule has 0 heterocycles. The van der Waals surface area contributed by atoms with E-state index in [9.17, 15) is 9.59 Å². The van der Waals surface area contributed by atoms with Crippen molar-refractivity contribution >= 4 is 11.9 Å². The molecule has 0 aliphatic carbocycles. The fourth-order valence-corrected chi connectivity index (χ4v) is 1.90. The standard InChI is InChI=1S/C11H20O2.C10H10O2/c1-3-5-6-7-8-9-10-13-11(12)4-2;1-2-10(11)12-8-9-6-4-3-5-7-9/h4H,2-3,5-10H2,1H3;2-7H,1,8H2. The highest BCUT2D eigenvalue weighted by Gasteiger charge is 1.96. The molecule has 4 heteroatoms. The molecule has 0 N–H and O–H groups in total. The van der Waals surface area contributed by atoms with Crippen LogP contribution in [0.15, 0.2) is 55.6 Å². The van der Waals surface area contributed by atoms with Gasteiger partial charge in [0.2, 0.25) is 0 Å². The highest BCUT2D eigenvalue weighted by molar-refractivity contribution is 5.81. The monoisotopic (exact) mass is 346 g/mol. The molecule has 25 heavy (non-hydrogen) atoms. The largest absolute Gasteiger partial charge is 0.463 e. The Labute approximate surface area is 151 Å². The second kappa shape index (κ2) is 16.5. The molecule has 0 amide bonds. The van der Waals surface area contributed by atoms with Crippen LogP contribution in [0.3, 0.4) is 0 Å². The molecule has 0 radical (unpaired) electrons. The van der Waals surface area contributed by atoms with Gasteiger partial charge in [-0.05, 0) is 12.0 Å². The third-order valence-corrected chi connectivity index (χ3v) is 3.30. The lowest BCUT2D eigenvalue weighted by molar-refractivity contribution is -0.139. The van der Waals surface area contributed by atoms with Gasteiger partial charge in [-0.15, -0.1) is 0 Å². The van der Waals surface area contributed by atoms with Gasteiger partial charge in [-0.2, -0.15) is 0 Å². The van der Waals surface area contributed by atoms with E-state index in [-0.39, 0.29) is 11.9 Å². The van der Waals surface area contributed by atoms with E-state index in [1.54, 1.807) is 0 Å². The first-order valence-electron chi connectivity index (χ1n) is 8.76. The predicted octanol–water partition coefficient (Wildman–Crippen LogP) is 4.99. The van der Waals surface area contributed by atoms with Crippen LogP contribution in [0.4, 0.5) is 0 Å². The molecule has 138 valence electrons. The number of benzene rings is 1. The molecule has 0 aliphatic heterocycles. The zero-order valence-electron chi connectivity index (χ0n) is 15.2. The molecule has 0 bridgehead atoms. The average molecular weight is 346 g/mol. The number of rotatable bonds is 11. The molecule has 0 unspecified atom stereocenters. The third-order valence-electron chi connectivity index (χ3n) is 3.30. The molecule has 0 aliphatic rings. The Hall–Kier alpha value is -2.36. The van der Waals surface area contributed by atoms with Gasteiger partial charge in [-0.25, -0.2) is 9.59 Å². The van der Waals surface area contributed by atoms with E-state index in [1.165, 1.54) is 31.8 Å². The summed E-state index contributed by atoms with van der Waals surface area (Å²) < 4.78 is 9.66. The highest BCUT2D eigenvalue weighted by Crippen LogP contribution is 2.04. The van der Waals surface area contributed by atoms with Crippen molar-refractivity contribution in [3.05, 3.63) is 61.2 Å². The number of esters is 2. The lowest BCUT2D eigenvalue weighted by Gasteiger charge is -2.01. The van der Waals surface area contributed by atoms with Crippen molar-refractivity contribution < 1.29 is 19.1 Å². The van der Waals surface area contributed by atoms with Gasteiger partial charge in [0, 0.05) is 12.2 Å². The highest BCUT2D eigenvalue weighted by atomic mass is 16.5. The van der Waals surface area contributed by atoms with Crippen molar-refractivity contribution in [1.82, 2.24) is 0 Å². The summed E-state index contributed by atoms with van der Waals surface area (Å²) in [5.74, 6) is -0.701. The van der Waals surface area contributed by atoms with E-state index in [4.69, 9.17) is 9.47 Å². The smallest absolute Gasteiger partial charge is 0.330 e. The maximum absolute atomic E-state index is 10.6. The summed E-state index contributed by atoms with van der Waals surface area (Å²) in [6, 6.07) is 9.51. The summed E-state index contributed by atoms with van der Waals surface area (Å²) in [6.45, 7) is 9.67. The number of carbonyl (C=O) groups excluding carboxylic acids is 2. The zero-order valence-corrected chi connectivity index (χ0v) is 15.2. The molecule has 0 saturated heterocycles. The van der Waals surface area contributed by atoms with Crippen LogP contribution in [0.25, 0.3) is 0 Å². The van der Waals surface area contributed by atoms with Crippen LogP contribution in [0, 0.1) is 0 Å². The van der Waals surface area contributed by atoms with E-state index in [0.717, 1.165) is 24.5 Å². The Morgan fingerprint density at radius 3 is 2.04 bits per heavy atom. The van der Waals surface area contributed by atoms with Crippen molar-refractivity contribution in [1.29, 1.82) is 0 Å². The molecule has 1 aromatic rings. The molecular weight excluding hydrogens is 316 g/mol. The lowest BCUT2D eigenvalue weighted by Crippen LogP contribution is -2.01. The maximum atomic E-state index is 10.6. The summed E-state index contributed by atoms with van der Waals surface area (Å²) >= 11 is 0. The fraction of sp³-hybridized carbons (Fsp3) is 0.429. The fourth-order valence-electron chi connectivity index (χ4n) is 1.90. The van der Waals surface area contributed by atoms with Crippen molar-refractivity contribution in [2.45, 2.75) is 52.1 Å². The van der Waals surface area contributed by atoms with Gasteiger partial charge in [-0.3, -0.25) is 0 Å². The Morgan fingerprint density at radius 2 is 1.44 bits per heavy atom. The van der Waals surface area contributed by atoms with E-state index < -0.39 is 0 Å². The summed E-state index contributed by atoms with van der Waals surface area (Å²) in [7, 11) is 0. The normalized spacial score (nSPS) is 9.32. The molecule has 1 aromatic carbocycles. The molecule has 0 atom stereocenters. The zero-order chi connectivity index (χ0) is 18.8. The SMILES string of the molecule is C=CC(=O)OCCCCCCCC.C=CC(=O)OCc1ccccc1. The minimum atomic E-state index is -0.390. The summed E-state index contributed by atoms with van der Waals surface area (Å²) in [5.41, 5.74) is 0.979. The maximum Gasteiger partial charge on any atom is 0.330 e. The quantitative estimate of drug-likeness (QED) is 0.322. The van der Waals surface area contributed by atoms with Gasteiger partial charge in [-0.1, -0.05) is 82.5 Å². The number of unbranched alkanes of at least 4 members (excludes halogenated alkanes) is 5. The van der Waals surface area contributed by atoms with Crippen LogP contribution < -0.4 is 0 Å². The van der Waals surface area contributed by atoms with Crippen LogP contribution in [0.5, 0.6) is 0 Å². The number of carbonyl (C=O) groups is 2. The minimum Gasteiger partial charge on any atom is -0.463 e. The van der Waals surface area contributed by atoms with Gasteiger partial charge in [0.05, 0.1) is 6.61 Å². The Balaban J connectivity index is 0.000000462. The first-order chi connectivity index (χ1) is 12.1. The molecule has 0 aromatic heterocycles. The average Bonchev–Trinajstić information content (AvgIpc) is 2.66. The van der Waals surface area contributed by atoms with E-state index in [2.05, 4.69) is 20.1 Å². The summed E-state index contributed by atoms with van der Waals surface area (Å²) in [4.78, 5) is 21.3. The third kappa shape index (κ3) is 14.9. The second-order valence-electron chi connectivity index (χ2n) is 5.44. The van der Waals surface area contributed by atoms with Crippen LogP contribution in [-0.4, -0.2) is 18.5 Å². The minimum absolute atomic E-state index is 0.311. The Morgan fingerprint density at radius 1 is 0.880 bits per heavy atom. The Bertz CT molecular complexity index is 494. The van der Waals surface area contributed by atoms with Crippen LogP contribution >= 0.6 is 0 Å². The van der Waals surface area contributed by atoms with Gasteiger partial charge in [0.25, 0.3) is 0 Å². The molecule has 1 rings (SSSR count). The van der Waals surface area contributed by atoms with Gasteiger partial charge < -0.3 is 9.47 Å². The van der Waals surface area contributed by atoms with Crippen molar-refractivity contribution in [3.63, 3.8) is 0 Å². The Kier molecular flexibility index (Phi) is 14.9. The number of hydrogen-bond donors (Lipinski definition) is 0. The molecular formula is C21H30O4. The summed E-state index contributed by atoms with van der Waals surface area (Å²) in [6.07, 6.45) is 9.62. The van der Waals surface area contributed by atoms with Crippen molar-refractivity contribution in [2.24, 2.45) is 0 Å². The second-order valence-corrected chi connectivity index (χ2v) is 5.44. The van der Waals surface area contributed by atoms with Crippen molar-refractivity contribution in [3.8, 4) is 0 Å². The first kappa shape index (κ1) is 22.6. The molecule has 0 fully saturated rings. The predicted molar refractivity (Wildman–Crippen MR) is 101 cm³/mol. The topological polar surface area (TPSA) is 52.6 Å². The van der Waals surface area contributed by atoms with Crippen molar-refractivity contribution in [2.75, 3.05) is 6.61 Å². The van der Waals surface area contributed by atoms with Gasteiger partial charge in [0.15, 0.2) is 0 Å².